The standard InChI is InChI=1S/C29H24F4N6O3S/c1-2-39-26(13-19(15-34)27(41)36-17-29(31,32)33)43-24(28(39)42)8-10-35-21-4-3-5-22(14-21)37-25(40)16-38-11-9-18-12-20(30)6-7-23(18)38/h3-7,10,12,14,35H,2,9,11,16-17H2,1H3,(H,36,41)(H,37,40). The first-order valence-electron chi connectivity index (χ1n) is 12.9. The average molecular weight is 613 g/mol. The van der Waals surface area contributed by atoms with Crippen molar-refractivity contribution < 1.29 is 27.2 Å². The fraction of sp³-hybridized carbons (Fsp3) is 0.241. The summed E-state index contributed by atoms with van der Waals surface area (Å²) in [6, 6.07) is 12.8. The van der Waals surface area contributed by atoms with Gasteiger partial charge >= 0.3 is 6.18 Å². The van der Waals surface area contributed by atoms with E-state index >= 15 is 0 Å². The van der Waals surface area contributed by atoms with Crippen LogP contribution in [-0.4, -0.2) is 42.2 Å². The fourth-order valence-electron chi connectivity index (χ4n) is 4.24. The minimum Gasteiger partial charge on any atom is -0.362 e. The van der Waals surface area contributed by atoms with Crippen molar-refractivity contribution in [3.63, 3.8) is 0 Å². The van der Waals surface area contributed by atoms with Gasteiger partial charge in [-0.2, -0.15) is 18.4 Å². The molecule has 0 fully saturated rings. The van der Waals surface area contributed by atoms with Crippen molar-refractivity contribution in [3.8, 4) is 6.07 Å². The van der Waals surface area contributed by atoms with Crippen molar-refractivity contribution >= 4 is 51.7 Å². The first kappa shape index (κ1) is 30.9. The second-order valence-corrected chi connectivity index (χ2v) is 10.2. The fourth-order valence-corrected chi connectivity index (χ4v) is 5.23. The Bertz CT molecular complexity index is 1860. The molecule has 4 rings (SSSR count). The van der Waals surface area contributed by atoms with Gasteiger partial charge in [-0.15, -0.1) is 0 Å². The van der Waals surface area contributed by atoms with E-state index in [9.17, 15) is 37.2 Å². The highest BCUT2D eigenvalue weighted by Gasteiger charge is 2.28. The molecule has 3 N–H and O–H groups in total. The number of thiazole rings is 1. The lowest BCUT2D eigenvalue weighted by Crippen LogP contribution is -2.34. The number of hydrogen-bond acceptors (Lipinski definition) is 7. The molecule has 2 heterocycles. The van der Waals surface area contributed by atoms with Crippen molar-refractivity contribution in [2.24, 2.45) is 0 Å². The number of anilines is 3. The van der Waals surface area contributed by atoms with Crippen molar-refractivity contribution in [1.82, 2.24) is 9.88 Å². The number of nitrogens with zero attached hydrogens (tertiary/aromatic N) is 3. The Morgan fingerprint density at radius 2 is 1.93 bits per heavy atom. The predicted molar refractivity (Wildman–Crippen MR) is 154 cm³/mol. The smallest absolute Gasteiger partial charge is 0.362 e. The lowest BCUT2D eigenvalue weighted by atomic mass is 10.2. The molecule has 2 aromatic carbocycles. The summed E-state index contributed by atoms with van der Waals surface area (Å²) in [7, 11) is 0. The topological polar surface area (TPSA) is 119 Å². The third kappa shape index (κ3) is 8.02. The summed E-state index contributed by atoms with van der Waals surface area (Å²) in [4.78, 5) is 39.3. The van der Waals surface area contributed by atoms with Gasteiger partial charge in [0.1, 0.15) is 27.6 Å². The molecule has 222 valence electrons. The maximum atomic E-state index is 13.5. The van der Waals surface area contributed by atoms with E-state index in [-0.39, 0.29) is 34.0 Å². The van der Waals surface area contributed by atoms with Crippen LogP contribution in [0.1, 0.15) is 12.5 Å². The first-order chi connectivity index (χ1) is 20.5. The highest BCUT2D eigenvalue weighted by molar-refractivity contribution is 7.07. The molecule has 3 aromatic rings. The summed E-state index contributed by atoms with van der Waals surface area (Å²) in [5.41, 5.74) is 6.80. The van der Waals surface area contributed by atoms with Crippen LogP contribution in [0.15, 0.2) is 59.0 Å². The predicted octanol–water partition coefficient (Wildman–Crippen LogP) is 2.58. The minimum atomic E-state index is -4.65. The average Bonchev–Trinajstić information content (AvgIpc) is 3.48. The summed E-state index contributed by atoms with van der Waals surface area (Å²) >= 11 is 0.853. The molecule has 2 amide bonds. The van der Waals surface area contributed by atoms with E-state index < -0.39 is 29.8 Å². The molecule has 0 saturated carbocycles. The Labute approximate surface area is 246 Å². The summed E-state index contributed by atoms with van der Waals surface area (Å²) in [5.74, 6) is -1.83. The number of alkyl halides is 3. The molecular weight excluding hydrogens is 588 g/mol. The third-order valence-corrected chi connectivity index (χ3v) is 7.19. The Morgan fingerprint density at radius 1 is 1.16 bits per heavy atom. The summed E-state index contributed by atoms with van der Waals surface area (Å²) < 4.78 is 52.1. The van der Waals surface area contributed by atoms with Crippen LogP contribution in [0.5, 0.6) is 0 Å². The van der Waals surface area contributed by atoms with Gasteiger partial charge < -0.3 is 20.9 Å². The molecule has 9 nitrogen and oxygen atoms in total. The van der Waals surface area contributed by atoms with Gasteiger partial charge in [-0.05, 0) is 55.3 Å². The Balaban J connectivity index is 1.49. The molecule has 1 aromatic heterocycles. The number of carbonyl (C=O) groups is 2. The largest absolute Gasteiger partial charge is 0.405 e. The molecule has 0 unspecified atom stereocenters. The van der Waals surface area contributed by atoms with Gasteiger partial charge in [0.25, 0.3) is 11.5 Å². The van der Waals surface area contributed by atoms with E-state index in [1.165, 1.54) is 29.0 Å². The van der Waals surface area contributed by atoms with Crippen molar-refractivity contribution in [1.29, 1.82) is 5.26 Å². The lowest BCUT2D eigenvalue weighted by Gasteiger charge is -2.19. The summed E-state index contributed by atoms with van der Waals surface area (Å²) in [6.45, 7) is 0.879. The Kier molecular flexibility index (Phi) is 9.52. The van der Waals surface area contributed by atoms with Crippen LogP contribution in [0.25, 0.3) is 11.5 Å². The Morgan fingerprint density at radius 3 is 2.65 bits per heavy atom. The molecule has 0 saturated heterocycles. The number of nitriles is 1. The summed E-state index contributed by atoms with van der Waals surface area (Å²) in [5, 5.41) is 16.6. The van der Waals surface area contributed by atoms with Crippen LogP contribution < -0.4 is 35.6 Å². The maximum Gasteiger partial charge on any atom is 0.405 e. The SMILES string of the molecule is CCn1c(=C=C(C#N)C(=O)NCC(F)(F)F)sc(=C=CNc2cccc(NC(=O)CN3CCc4cc(F)ccc43)c2)c1=O. The van der Waals surface area contributed by atoms with E-state index in [2.05, 4.69) is 22.1 Å². The molecule has 0 atom stereocenters. The van der Waals surface area contributed by atoms with Crippen LogP contribution in [-0.2, 0) is 22.6 Å². The van der Waals surface area contributed by atoms with Gasteiger partial charge in [0, 0.05) is 36.4 Å². The zero-order chi connectivity index (χ0) is 31.1. The molecule has 1 aliphatic rings. The quantitative estimate of drug-likeness (QED) is 0.205. The van der Waals surface area contributed by atoms with E-state index in [0.29, 0.717) is 24.3 Å². The van der Waals surface area contributed by atoms with Crippen molar-refractivity contribution in [2.45, 2.75) is 26.1 Å². The molecular formula is C29H24F4N6O3S. The minimum absolute atomic E-state index is 0.0672. The van der Waals surface area contributed by atoms with E-state index in [0.717, 1.165) is 22.6 Å². The number of fused-ring (bicyclic) bond motifs is 1. The van der Waals surface area contributed by atoms with Crippen LogP contribution in [0.3, 0.4) is 0 Å². The second-order valence-electron chi connectivity index (χ2n) is 9.20. The molecule has 43 heavy (non-hydrogen) atoms. The molecule has 14 heteroatoms. The van der Waals surface area contributed by atoms with Crippen LogP contribution >= 0.6 is 11.3 Å². The number of benzene rings is 2. The maximum absolute atomic E-state index is 13.5. The van der Waals surface area contributed by atoms with Gasteiger partial charge in [-0.25, -0.2) is 4.39 Å². The van der Waals surface area contributed by atoms with Gasteiger partial charge in [0.15, 0.2) is 5.57 Å². The number of nitrogens with one attached hydrogen (secondary N) is 3. The number of hydrogen-bond donors (Lipinski definition) is 3. The van der Waals surface area contributed by atoms with Crippen LogP contribution in [0.4, 0.5) is 34.6 Å². The zero-order valence-corrected chi connectivity index (χ0v) is 23.5. The third-order valence-electron chi connectivity index (χ3n) is 6.18. The number of aromatic nitrogens is 1. The second kappa shape index (κ2) is 13.3. The Hall–Kier alpha value is -5.08. The number of carbonyl (C=O) groups excluding carboxylic acids is 2. The van der Waals surface area contributed by atoms with E-state index in [1.54, 1.807) is 42.6 Å². The molecule has 0 bridgehead atoms. The summed E-state index contributed by atoms with van der Waals surface area (Å²) in [6.07, 6.45) is -2.63. The van der Waals surface area contributed by atoms with Crippen molar-refractivity contribution in [2.75, 3.05) is 35.2 Å². The highest BCUT2D eigenvalue weighted by atomic mass is 32.1. The van der Waals surface area contributed by atoms with E-state index in [4.69, 9.17) is 0 Å². The van der Waals surface area contributed by atoms with Gasteiger partial charge in [0.2, 0.25) is 5.91 Å². The van der Waals surface area contributed by atoms with Crippen LogP contribution in [0.2, 0.25) is 0 Å². The van der Waals surface area contributed by atoms with Gasteiger partial charge in [-0.3, -0.25) is 19.0 Å². The van der Waals surface area contributed by atoms with Gasteiger partial charge in [0.05, 0.1) is 6.54 Å². The molecule has 0 spiro atoms. The lowest BCUT2D eigenvalue weighted by molar-refractivity contribution is -0.136. The molecule has 0 aliphatic carbocycles. The van der Waals surface area contributed by atoms with Crippen molar-refractivity contribution in [3.05, 3.63) is 85.2 Å². The first-order valence-corrected chi connectivity index (χ1v) is 13.7. The van der Waals surface area contributed by atoms with E-state index in [1.807, 2.05) is 4.90 Å². The number of rotatable bonds is 8. The highest BCUT2D eigenvalue weighted by Crippen LogP contribution is 2.28. The monoisotopic (exact) mass is 612 g/mol. The normalized spacial score (nSPS) is 12.0. The number of amides is 2. The zero-order valence-electron chi connectivity index (χ0n) is 22.6. The molecule has 1 aliphatic heterocycles. The molecule has 0 radical (unpaired) electrons. The van der Waals surface area contributed by atoms with Gasteiger partial charge in [-0.1, -0.05) is 28.9 Å². The number of halogens is 4. The van der Waals surface area contributed by atoms with Crippen LogP contribution in [0, 0.1) is 17.1 Å².